The molecule has 1 fully saturated rings. The van der Waals surface area contributed by atoms with Gasteiger partial charge in [-0.2, -0.15) is 0 Å². The van der Waals surface area contributed by atoms with Gasteiger partial charge in [-0.25, -0.2) is 0 Å². The van der Waals surface area contributed by atoms with Crippen LogP contribution in [0, 0.1) is 0 Å². The zero-order chi connectivity index (χ0) is 18.8. The smallest absolute Gasteiger partial charge is 0.255 e. The number of piperidine rings is 1. The van der Waals surface area contributed by atoms with Crippen molar-refractivity contribution in [2.24, 2.45) is 0 Å². The fraction of sp³-hybridized carbons (Fsp3) is 0.600. The average molecular weight is 361 g/mol. The lowest BCUT2D eigenvalue weighted by Crippen LogP contribution is -2.40. The predicted octanol–water partition coefficient (Wildman–Crippen LogP) is 2.20. The summed E-state index contributed by atoms with van der Waals surface area (Å²) in [5.74, 6) is 0.0637. The van der Waals surface area contributed by atoms with Crippen molar-refractivity contribution in [3.8, 4) is 5.75 Å². The summed E-state index contributed by atoms with van der Waals surface area (Å²) in [6.07, 6.45) is 4.78. The molecule has 0 saturated carbocycles. The quantitative estimate of drug-likeness (QED) is 0.662. The number of benzene rings is 1. The number of likely N-dealkylation sites (tertiary alicyclic amines) is 1. The van der Waals surface area contributed by atoms with Gasteiger partial charge in [0.2, 0.25) is 5.91 Å². The third-order valence-electron chi connectivity index (χ3n) is 4.73. The third kappa shape index (κ3) is 6.33. The highest BCUT2D eigenvalue weighted by Crippen LogP contribution is 2.17. The van der Waals surface area contributed by atoms with Gasteiger partial charge in [0.15, 0.2) is 0 Å². The van der Waals surface area contributed by atoms with Crippen LogP contribution in [0.15, 0.2) is 24.3 Å². The van der Waals surface area contributed by atoms with Crippen LogP contribution in [0.1, 0.15) is 49.9 Å². The van der Waals surface area contributed by atoms with Gasteiger partial charge in [0, 0.05) is 19.1 Å². The highest BCUT2D eigenvalue weighted by Gasteiger charge is 2.17. The topological polar surface area (TPSA) is 70.7 Å². The first-order chi connectivity index (χ1) is 12.6. The monoisotopic (exact) mass is 361 g/mol. The zero-order valence-corrected chi connectivity index (χ0v) is 15.9. The van der Waals surface area contributed by atoms with E-state index >= 15 is 0 Å². The number of para-hydroxylation sites is 1. The number of rotatable bonds is 9. The molecule has 144 valence electrons. The van der Waals surface area contributed by atoms with E-state index < -0.39 is 0 Å². The van der Waals surface area contributed by atoms with Crippen LogP contribution in [0.25, 0.3) is 0 Å². The van der Waals surface area contributed by atoms with E-state index in [2.05, 4.69) is 22.5 Å². The lowest BCUT2D eigenvalue weighted by molar-refractivity contribution is -0.120. The van der Waals surface area contributed by atoms with E-state index in [0.717, 1.165) is 19.5 Å². The molecule has 1 heterocycles. The number of nitrogens with zero attached hydrogens (tertiary/aromatic N) is 1. The molecule has 2 rings (SSSR count). The van der Waals surface area contributed by atoms with E-state index in [1.165, 1.54) is 19.3 Å². The number of amides is 2. The molecule has 0 radical (unpaired) electrons. The first-order valence-electron chi connectivity index (χ1n) is 9.62. The third-order valence-corrected chi connectivity index (χ3v) is 4.73. The molecule has 0 spiro atoms. The van der Waals surface area contributed by atoms with Crippen LogP contribution in [0.2, 0.25) is 0 Å². The van der Waals surface area contributed by atoms with Crippen molar-refractivity contribution in [3.63, 3.8) is 0 Å². The Morgan fingerprint density at radius 1 is 1.23 bits per heavy atom. The van der Waals surface area contributed by atoms with E-state index in [1.54, 1.807) is 18.2 Å². The van der Waals surface area contributed by atoms with Crippen molar-refractivity contribution in [1.29, 1.82) is 0 Å². The first-order valence-corrected chi connectivity index (χ1v) is 9.62. The number of hydrogen-bond acceptors (Lipinski definition) is 4. The van der Waals surface area contributed by atoms with E-state index in [0.29, 0.717) is 30.5 Å². The fourth-order valence-electron chi connectivity index (χ4n) is 3.25. The van der Waals surface area contributed by atoms with Crippen molar-refractivity contribution < 1.29 is 14.3 Å². The molecule has 0 bridgehead atoms. The Kier molecular flexibility index (Phi) is 8.41. The Morgan fingerprint density at radius 2 is 2.04 bits per heavy atom. The molecular weight excluding hydrogens is 330 g/mol. The highest BCUT2D eigenvalue weighted by atomic mass is 16.5. The van der Waals surface area contributed by atoms with Crippen molar-refractivity contribution in [3.05, 3.63) is 29.8 Å². The lowest BCUT2D eigenvalue weighted by atomic mass is 10.0. The molecule has 6 nitrogen and oxygen atoms in total. The summed E-state index contributed by atoms with van der Waals surface area (Å²) in [5, 5.41) is 5.53. The molecule has 0 aliphatic carbocycles. The highest BCUT2D eigenvalue weighted by molar-refractivity contribution is 5.98. The molecule has 6 heteroatoms. The van der Waals surface area contributed by atoms with Crippen LogP contribution in [0.5, 0.6) is 5.75 Å². The summed E-state index contributed by atoms with van der Waals surface area (Å²) in [4.78, 5) is 26.7. The fourth-order valence-corrected chi connectivity index (χ4v) is 3.25. The molecule has 2 N–H and O–H groups in total. The summed E-state index contributed by atoms with van der Waals surface area (Å²) >= 11 is 0. The largest absolute Gasteiger partial charge is 0.493 e. The van der Waals surface area contributed by atoms with Gasteiger partial charge in [0.25, 0.3) is 5.91 Å². The summed E-state index contributed by atoms with van der Waals surface area (Å²) in [6.45, 7) is 7.40. The van der Waals surface area contributed by atoms with E-state index in [-0.39, 0.29) is 18.4 Å². The summed E-state index contributed by atoms with van der Waals surface area (Å²) in [6, 6.07) is 7.68. The maximum absolute atomic E-state index is 12.2. The minimum absolute atomic E-state index is 0.0284. The molecule has 1 unspecified atom stereocenters. The average Bonchev–Trinajstić information content (AvgIpc) is 2.65. The minimum atomic E-state index is -0.300. The van der Waals surface area contributed by atoms with Gasteiger partial charge in [-0.1, -0.05) is 18.6 Å². The molecule has 1 aliphatic heterocycles. The van der Waals surface area contributed by atoms with Gasteiger partial charge in [-0.3, -0.25) is 9.59 Å². The van der Waals surface area contributed by atoms with Gasteiger partial charge < -0.3 is 20.3 Å². The normalized spacial score (nSPS) is 17.5. The van der Waals surface area contributed by atoms with Crippen LogP contribution >= 0.6 is 0 Å². The zero-order valence-electron chi connectivity index (χ0n) is 15.9. The van der Waals surface area contributed by atoms with Gasteiger partial charge >= 0.3 is 0 Å². The van der Waals surface area contributed by atoms with Crippen LogP contribution in [0.3, 0.4) is 0 Å². The molecule has 0 aromatic heterocycles. The number of ether oxygens (including phenoxy) is 1. The maximum Gasteiger partial charge on any atom is 0.255 e. The van der Waals surface area contributed by atoms with Crippen LogP contribution in [-0.4, -0.2) is 55.5 Å². The molecule has 26 heavy (non-hydrogen) atoms. The van der Waals surface area contributed by atoms with Crippen molar-refractivity contribution in [2.45, 2.75) is 45.6 Å². The standard InChI is InChI=1S/C20H31N3O3/c1-3-26-18-11-5-4-10-17(18)20(25)22-15-19(24)21-12-8-14-23-13-7-6-9-16(23)2/h4-5,10-11,16H,3,6-9,12-15H2,1-2H3,(H,21,24)(H,22,25). The van der Waals surface area contributed by atoms with Gasteiger partial charge in [0.05, 0.1) is 18.7 Å². The lowest BCUT2D eigenvalue weighted by Gasteiger charge is -2.33. The Hall–Kier alpha value is -2.08. The maximum atomic E-state index is 12.2. The summed E-state index contributed by atoms with van der Waals surface area (Å²) < 4.78 is 5.44. The predicted molar refractivity (Wildman–Crippen MR) is 102 cm³/mol. The SMILES string of the molecule is CCOc1ccccc1C(=O)NCC(=O)NCCCN1CCCCC1C. The second-order valence-corrected chi connectivity index (χ2v) is 6.70. The summed E-state index contributed by atoms with van der Waals surface area (Å²) in [7, 11) is 0. The Bertz CT molecular complexity index is 591. The van der Waals surface area contributed by atoms with Gasteiger partial charge in [0.1, 0.15) is 5.75 Å². The molecule has 1 aromatic rings. The number of carbonyl (C=O) groups excluding carboxylic acids is 2. The van der Waals surface area contributed by atoms with Crippen LogP contribution in [0.4, 0.5) is 0 Å². The Balaban J connectivity index is 1.66. The molecule has 1 aliphatic rings. The molecule has 1 atom stereocenters. The van der Waals surface area contributed by atoms with E-state index in [1.807, 2.05) is 13.0 Å². The van der Waals surface area contributed by atoms with Crippen molar-refractivity contribution in [1.82, 2.24) is 15.5 Å². The van der Waals surface area contributed by atoms with E-state index in [4.69, 9.17) is 4.74 Å². The molecule has 1 saturated heterocycles. The second-order valence-electron chi connectivity index (χ2n) is 6.70. The van der Waals surface area contributed by atoms with E-state index in [9.17, 15) is 9.59 Å². The molecular formula is C20H31N3O3. The number of hydrogen-bond donors (Lipinski definition) is 2. The first kappa shape index (κ1) is 20.2. The minimum Gasteiger partial charge on any atom is -0.493 e. The molecule has 1 aromatic carbocycles. The molecule has 2 amide bonds. The second kappa shape index (κ2) is 10.8. The Labute approximate surface area is 156 Å². The Morgan fingerprint density at radius 3 is 2.81 bits per heavy atom. The van der Waals surface area contributed by atoms with Gasteiger partial charge in [-0.05, 0) is 51.8 Å². The van der Waals surface area contributed by atoms with Gasteiger partial charge in [-0.15, -0.1) is 0 Å². The van der Waals surface area contributed by atoms with Crippen molar-refractivity contribution >= 4 is 11.8 Å². The number of nitrogens with one attached hydrogen (secondary N) is 2. The van der Waals surface area contributed by atoms with Crippen LogP contribution in [-0.2, 0) is 4.79 Å². The van der Waals surface area contributed by atoms with Crippen LogP contribution < -0.4 is 15.4 Å². The summed E-state index contributed by atoms with van der Waals surface area (Å²) in [5.41, 5.74) is 0.446. The van der Waals surface area contributed by atoms with Crippen molar-refractivity contribution in [2.75, 3.05) is 32.8 Å². The number of carbonyl (C=O) groups is 2.